The number of aryl methyl sites for hydroxylation is 1. The molecule has 0 saturated heterocycles. The highest BCUT2D eigenvalue weighted by Gasteiger charge is 1.92. The number of rotatable bonds is 2. The minimum atomic E-state index is 0.597. The van der Waals surface area contributed by atoms with Crippen molar-refractivity contribution in [1.29, 1.82) is 0 Å². The fourth-order valence-electron chi connectivity index (χ4n) is 0.619. The van der Waals surface area contributed by atoms with Gasteiger partial charge < -0.3 is 5.73 Å². The van der Waals surface area contributed by atoms with Gasteiger partial charge in [0.15, 0.2) is 0 Å². The van der Waals surface area contributed by atoms with E-state index in [2.05, 4.69) is 15.2 Å². The third-order valence-electron chi connectivity index (χ3n) is 1.12. The lowest BCUT2D eigenvalue weighted by molar-refractivity contribution is 0.813. The number of nitrogens with zero attached hydrogens (tertiary/aromatic N) is 3. The predicted molar refractivity (Wildman–Crippen MR) is 37.3 cm³/mol. The molecular weight excluding hydrogens is 128 g/mol. The molecule has 0 amide bonds. The Morgan fingerprint density at radius 1 is 1.50 bits per heavy atom. The predicted octanol–water partition coefficient (Wildman–Crippen LogP) is -0.319. The van der Waals surface area contributed by atoms with Crippen molar-refractivity contribution in [3.8, 4) is 0 Å². The molecule has 0 aromatic carbocycles. The normalized spacial score (nSPS) is 9.80. The first-order valence-electron chi connectivity index (χ1n) is 3.18. The highest BCUT2D eigenvalue weighted by molar-refractivity contribution is 4.93. The molecule has 2 N–H and O–H groups in total. The summed E-state index contributed by atoms with van der Waals surface area (Å²) in [7, 11) is 0. The summed E-state index contributed by atoms with van der Waals surface area (Å²) in [6, 6.07) is 0. The van der Waals surface area contributed by atoms with Crippen LogP contribution in [0, 0.1) is 6.92 Å². The molecule has 1 aromatic heterocycles. The van der Waals surface area contributed by atoms with Crippen molar-refractivity contribution in [2.45, 2.75) is 13.3 Å². The van der Waals surface area contributed by atoms with E-state index >= 15 is 0 Å². The lowest BCUT2D eigenvalue weighted by Gasteiger charge is -1.94. The van der Waals surface area contributed by atoms with Gasteiger partial charge in [-0.2, -0.15) is 5.10 Å². The molecule has 1 heterocycles. The van der Waals surface area contributed by atoms with Gasteiger partial charge in [0.2, 0.25) is 0 Å². The molecule has 4 nitrogen and oxygen atoms in total. The molecule has 1 rings (SSSR count). The van der Waals surface area contributed by atoms with E-state index in [1.807, 2.05) is 0 Å². The van der Waals surface area contributed by atoms with Crippen LogP contribution in [0.5, 0.6) is 0 Å². The second-order valence-corrected chi connectivity index (χ2v) is 2.04. The molecule has 10 heavy (non-hydrogen) atoms. The van der Waals surface area contributed by atoms with E-state index in [-0.39, 0.29) is 0 Å². The second-order valence-electron chi connectivity index (χ2n) is 2.04. The maximum absolute atomic E-state index is 5.30. The quantitative estimate of drug-likeness (QED) is 0.608. The summed E-state index contributed by atoms with van der Waals surface area (Å²) in [4.78, 5) is 3.97. The molecule has 0 bridgehead atoms. The van der Waals surface area contributed by atoms with Crippen LogP contribution >= 0.6 is 0 Å². The lowest BCUT2D eigenvalue weighted by atomic mass is 10.3. The first-order chi connectivity index (χ1) is 4.83. The molecule has 0 aliphatic rings. The Bertz CT molecular complexity index is 193. The fraction of sp³-hybridized carbons (Fsp3) is 0.500. The van der Waals surface area contributed by atoms with Crippen LogP contribution in [0.2, 0.25) is 0 Å². The van der Waals surface area contributed by atoms with Crippen LogP contribution in [0.1, 0.15) is 11.5 Å². The fourth-order valence-corrected chi connectivity index (χ4v) is 0.619. The first-order valence-corrected chi connectivity index (χ1v) is 3.18. The first kappa shape index (κ1) is 7.08. The Labute approximate surface area is 59.5 Å². The summed E-state index contributed by atoms with van der Waals surface area (Å²) in [5.74, 6) is 0.695. The molecular formula is C6H10N4. The highest BCUT2D eigenvalue weighted by Crippen LogP contribution is 1.89. The van der Waals surface area contributed by atoms with E-state index in [4.69, 9.17) is 5.73 Å². The van der Waals surface area contributed by atoms with Gasteiger partial charge in [0, 0.05) is 6.42 Å². The van der Waals surface area contributed by atoms with Gasteiger partial charge in [-0.05, 0) is 13.5 Å². The second kappa shape index (κ2) is 3.22. The Hall–Kier alpha value is -1.03. The SMILES string of the molecule is Cc1ncc(CCN)nn1. The molecule has 0 atom stereocenters. The van der Waals surface area contributed by atoms with E-state index < -0.39 is 0 Å². The standard InChI is InChI=1S/C6H10N4/c1-5-8-4-6(2-3-7)10-9-5/h4H,2-3,7H2,1H3. The van der Waals surface area contributed by atoms with Crippen LogP contribution in [-0.2, 0) is 6.42 Å². The average molecular weight is 138 g/mol. The van der Waals surface area contributed by atoms with Crippen molar-refractivity contribution in [3.63, 3.8) is 0 Å². The van der Waals surface area contributed by atoms with Gasteiger partial charge in [0.05, 0.1) is 11.9 Å². The van der Waals surface area contributed by atoms with Crippen LogP contribution in [0.25, 0.3) is 0 Å². The van der Waals surface area contributed by atoms with Gasteiger partial charge in [-0.25, -0.2) is 4.98 Å². The van der Waals surface area contributed by atoms with Gasteiger partial charge in [0.25, 0.3) is 0 Å². The molecule has 0 aliphatic carbocycles. The number of nitrogens with two attached hydrogens (primary N) is 1. The van der Waals surface area contributed by atoms with E-state index in [0.29, 0.717) is 12.4 Å². The van der Waals surface area contributed by atoms with Gasteiger partial charge in [-0.15, -0.1) is 5.10 Å². The summed E-state index contributed by atoms with van der Waals surface area (Å²) in [5, 5.41) is 7.66. The zero-order valence-electron chi connectivity index (χ0n) is 5.91. The van der Waals surface area contributed by atoms with Crippen molar-refractivity contribution < 1.29 is 0 Å². The van der Waals surface area contributed by atoms with Gasteiger partial charge in [0.1, 0.15) is 5.82 Å². The van der Waals surface area contributed by atoms with Gasteiger partial charge in [-0.3, -0.25) is 0 Å². The third-order valence-corrected chi connectivity index (χ3v) is 1.12. The van der Waals surface area contributed by atoms with E-state index in [1.165, 1.54) is 0 Å². The Morgan fingerprint density at radius 3 is 2.80 bits per heavy atom. The monoisotopic (exact) mass is 138 g/mol. The van der Waals surface area contributed by atoms with Crippen molar-refractivity contribution >= 4 is 0 Å². The van der Waals surface area contributed by atoms with Crippen LogP contribution < -0.4 is 5.73 Å². The summed E-state index contributed by atoms with van der Waals surface area (Å²) < 4.78 is 0. The molecule has 0 aliphatic heterocycles. The van der Waals surface area contributed by atoms with Gasteiger partial charge >= 0.3 is 0 Å². The summed E-state index contributed by atoms with van der Waals surface area (Å²) >= 11 is 0. The van der Waals surface area contributed by atoms with Crippen molar-refractivity contribution in [2.24, 2.45) is 5.73 Å². The molecule has 0 unspecified atom stereocenters. The minimum absolute atomic E-state index is 0.597. The van der Waals surface area contributed by atoms with E-state index in [1.54, 1.807) is 13.1 Å². The molecule has 0 radical (unpaired) electrons. The maximum atomic E-state index is 5.30. The van der Waals surface area contributed by atoms with E-state index in [9.17, 15) is 0 Å². The summed E-state index contributed by atoms with van der Waals surface area (Å²) in [6.07, 6.45) is 2.45. The summed E-state index contributed by atoms with van der Waals surface area (Å²) in [5.41, 5.74) is 6.16. The number of hydrogen-bond acceptors (Lipinski definition) is 4. The smallest absolute Gasteiger partial charge is 0.147 e. The summed E-state index contributed by atoms with van der Waals surface area (Å²) in [6.45, 7) is 2.40. The Balaban J connectivity index is 2.69. The van der Waals surface area contributed by atoms with Crippen LogP contribution in [0.15, 0.2) is 6.20 Å². The Kier molecular flexibility index (Phi) is 2.28. The zero-order chi connectivity index (χ0) is 7.40. The number of hydrogen-bond donors (Lipinski definition) is 1. The lowest BCUT2D eigenvalue weighted by Crippen LogP contribution is -2.06. The largest absolute Gasteiger partial charge is 0.330 e. The topological polar surface area (TPSA) is 64.7 Å². The Morgan fingerprint density at radius 2 is 2.30 bits per heavy atom. The van der Waals surface area contributed by atoms with Crippen LogP contribution in [0.3, 0.4) is 0 Å². The third kappa shape index (κ3) is 1.73. The van der Waals surface area contributed by atoms with Crippen LogP contribution in [0.4, 0.5) is 0 Å². The minimum Gasteiger partial charge on any atom is -0.330 e. The van der Waals surface area contributed by atoms with Crippen molar-refractivity contribution in [2.75, 3.05) is 6.54 Å². The molecule has 0 fully saturated rings. The maximum Gasteiger partial charge on any atom is 0.147 e. The van der Waals surface area contributed by atoms with Crippen molar-refractivity contribution in [1.82, 2.24) is 15.2 Å². The molecule has 0 spiro atoms. The van der Waals surface area contributed by atoms with Gasteiger partial charge in [-0.1, -0.05) is 0 Å². The van der Waals surface area contributed by atoms with E-state index in [0.717, 1.165) is 12.1 Å². The molecule has 1 aromatic rings. The molecule has 54 valence electrons. The molecule has 4 heteroatoms. The number of aromatic nitrogens is 3. The zero-order valence-corrected chi connectivity index (χ0v) is 5.91. The average Bonchev–Trinajstić information content (AvgIpc) is 1.95. The molecule has 0 saturated carbocycles. The van der Waals surface area contributed by atoms with Crippen LogP contribution in [-0.4, -0.2) is 21.7 Å². The van der Waals surface area contributed by atoms with Crippen molar-refractivity contribution in [3.05, 3.63) is 17.7 Å². The highest BCUT2D eigenvalue weighted by atomic mass is 15.1.